The molecule has 0 spiro atoms. The topological polar surface area (TPSA) is 80.0 Å². The van der Waals surface area contributed by atoms with Crippen LogP contribution in [-0.4, -0.2) is 25.6 Å². The SMILES string of the molecule is Cc1c(C=CC(=O)NO)cc(C)c2c1nc(CCc1ccccc1)n2Cc1ccccn1. The number of carbonyl (C=O) groups is 1. The van der Waals surface area contributed by atoms with Crippen LogP contribution in [0.4, 0.5) is 0 Å². The number of nitrogens with one attached hydrogen (secondary N) is 1. The van der Waals surface area contributed by atoms with Crippen LogP contribution in [-0.2, 0) is 24.2 Å². The van der Waals surface area contributed by atoms with Gasteiger partial charge in [0, 0.05) is 18.7 Å². The minimum absolute atomic E-state index is 0.564. The third-order valence-corrected chi connectivity index (χ3v) is 5.63. The van der Waals surface area contributed by atoms with Crippen LogP contribution in [0, 0.1) is 13.8 Å². The van der Waals surface area contributed by atoms with Gasteiger partial charge < -0.3 is 4.57 Å². The maximum atomic E-state index is 11.5. The molecule has 162 valence electrons. The van der Waals surface area contributed by atoms with Gasteiger partial charge in [0.1, 0.15) is 5.82 Å². The fourth-order valence-corrected chi connectivity index (χ4v) is 4.00. The van der Waals surface area contributed by atoms with E-state index in [1.54, 1.807) is 11.6 Å². The Bertz CT molecular complexity index is 1260. The Kier molecular flexibility index (Phi) is 6.42. The van der Waals surface area contributed by atoms with Gasteiger partial charge in [0.05, 0.1) is 23.3 Å². The fraction of sp³-hybridized carbons (Fsp3) is 0.192. The first-order valence-electron chi connectivity index (χ1n) is 10.6. The number of aromatic nitrogens is 3. The summed E-state index contributed by atoms with van der Waals surface area (Å²) >= 11 is 0. The first-order valence-corrected chi connectivity index (χ1v) is 10.6. The van der Waals surface area contributed by atoms with E-state index in [-0.39, 0.29) is 0 Å². The molecule has 0 saturated heterocycles. The lowest BCUT2D eigenvalue weighted by atomic mass is 10.0. The van der Waals surface area contributed by atoms with Crippen molar-refractivity contribution in [2.24, 2.45) is 0 Å². The number of pyridine rings is 1. The monoisotopic (exact) mass is 426 g/mol. The average molecular weight is 427 g/mol. The smallest absolute Gasteiger partial charge is 0.267 e. The molecule has 2 aromatic carbocycles. The first-order chi connectivity index (χ1) is 15.6. The third kappa shape index (κ3) is 4.60. The maximum absolute atomic E-state index is 11.5. The van der Waals surface area contributed by atoms with Crippen LogP contribution in [0.3, 0.4) is 0 Å². The van der Waals surface area contributed by atoms with Crippen molar-refractivity contribution in [2.45, 2.75) is 33.2 Å². The van der Waals surface area contributed by atoms with Crippen LogP contribution in [0.1, 0.15) is 33.8 Å². The molecule has 32 heavy (non-hydrogen) atoms. The maximum Gasteiger partial charge on any atom is 0.267 e. The number of hydrogen-bond donors (Lipinski definition) is 2. The second-order valence-electron chi connectivity index (χ2n) is 7.84. The Morgan fingerprint density at radius 1 is 1.09 bits per heavy atom. The molecule has 4 aromatic rings. The van der Waals surface area contributed by atoms with Gasteiger partial charge >= 0.3 is 0 Å². The van der Waals surface area contributed by atoms with Crippen LogP contribution < -0.4 is 5.48 Å². The Morgan fingerprint density at radius 3 is 2.59 bits per heavy atom. The second-order valence-corrected chi connectivity index (χ2v) is 7.84. The van der Waals surface area contributed by atoms with Crippen LogP contribution in [0.15, 0.2) is 66.9 Å². The van der Waals surface area contributed by atoms with Crippen molar-refractivity contribution in [2.75, 3.05) is 0 Å². The molecule has 2 aromatic heterocycles. The van der Waals surface area contributed by atoms with Crippen LogP contribution in [0.2, 0.25) is 0 Å². The highest BCUT2D eigenvalue weighted by Crippen LogP contribution is 2.28. The predicted molar refractivity (Wildman–Crippen MR) is 125 cm³/mol. The Morgan fingerprint density at radius 2 is 1.88 bits per heavy atom. The van der Waals surface area contributed by atoms with E-state index in [1.165, 1.54) is 11.6 Å². The molecular weight excluding hydrogens is 400 g/mol. The van der Waals surface area contributed by atoms with Gasteiger partial charge in [-0.15, -0.1) is 0 Å². The Hall–Kier alpha value is -3.77. The molecule has 1 amide bonds. The molecule has 2 N–H and O–H groups in total. The molecular formula is C26H26N4O2. The second kappa shape index (κ2) is 9.58. The summed E-state index contributed by atoms with van der Waals surface area (Å²) < 4.78 is 2.26. The van der Waals surface area contributed by atoms with E-state index in [2.05, 4.69) is 46.8 Å². The molecule has 2 heterocycles. The molecule has 0 saturated carbocycles. The van der Waals surface area contributed by atoms with Crippen molar-refractivity contribution in [1.29, 1.82) is 0 Å². The van der Waals surface area contributed by atoms with Gasteiger partial charge in [-0.3, -0.25) is 15.0 Å². The first kappa shape index (κ1) is 21.5. The molecule has 0 aliphatic carbocycles. The van der Waals surface area contributed by atoms with Gasteiger partial charge in [-0.25, -0.2) is 10.5 Å². The molecule has 6 nitrogen and oxygen atoms in total. The van der Waals surface area contributed by atoms with Crippen LogP contribution in [0.5, 0.6) is 0 Å². The van der Waals surface area contributed by atoms with E-state index in [9.17, 15) is 4.79 Å². The highest BCUT2D eigenvalue weighted by molar-refractivity contribution is 5.93. The number of rotatable bonds is 7. The molecule has 0 radical (unpaired) electrons. The summed E-state index contributed by atoms with van der Waals surface area (Å²) in [4.78, 5) is 21.0. The highest BCUT2D eigenvalue weighted by Gasteiger charge is 2.17. The number of hydroxylamine groups is 1. The van der Waals surface area contributed by atoms with Crippen LogP contribution >= 0.6 is 0 Å². The number of nitrogens with zero attached hydrogens (tertiary/aromatic N) is 3. The summed E-state index contributed by atoms with van der Waals surface area (Å²) in [5.74, 6) is 0.446. The van der Waals surface area contributed by atoms with E-state index in [1.807, 2.05) is 37.4 Å². The van der Waals surface area contributed by atoms with E-state index < -0.39 is 5.91 Å². The van der Waals surface area contributed by atoms with Crippen molar-refractivity contribution >= 4 is 23.0 Å². The number of fused-ring (bicyclic) bond motifs is 1. The molecule has 0 aliphatic heterocycles. The van der Waals surface area contributed by atoms with Crippen molar-refractivity contribution < 1.29 is 10.0 Å². The number of carbonyl (C=O) groups excluding carboxylic acids is 1. The summed E-state index contributed by atoms with van der Waals surface area (Å²) in [5, 5.41) is 8.77. The largest absolute Gasteiger partial charge is 0.322 e. The zero-order valence-corrected chi connectivity index (χ0v) is 18.2. The average Bonchev–Trinajstić information content (AvgIpc) is 3.19. The van der Waals surface area contributed by atoms with Gasteiger partial charge in [-0.05, 0) is 66.8 Å². The molecule has 0 fully saturated rings. The van der Waals surface area contributed by atoms with Gasteiger partial charge in [-0.2, -0.15) is 0 Å². The van der Waals surface area contributed by atoms with Gasteiger partial charge in [0.15, 0.2) is 0 Å². The highest BCUT2D eigenvalue weighted by atomic mass is 16.5. The fourth-order valence-electron chi connectivity index (χ4n) is 4.00. The van der Waals surface area contributed by atoms with E-state index in [4.69, 9.17) is 10.2 Å². The molecule has 0 aliphatic rings. The molecule has 4 rings (SSSR count). The van der Waals surface area contributed by atoms with Crippen LogP contribution in [0.25, 0.3) is 17.1 Å². The number of benzene rings is 2. The standard InChI is InChI=1S/C26H26N4O2/c1-18-16-21(12-14-24(31)29-32)19(2)25-26(18)30(17-22-10-6-7-15-27-22)23(28-25)13-11-20-8-4-3-5-9-20/h3-10,12,14-16,32H,11,13,17H2,1-2H3,(H,29,31). The molecule has 0 unspecified atom stereocenters. The van der Waals surface area contributed by atoms with E-state index in [0.717, 1.165) is 52.1 Å². The van der Waals surface area contributed by atoms with Crippen molar-refractivity contribution in [3.63, 3.8) is 0 Å². The normalized spacial score (nSPS) is 11.3. The predicted octanol–water partition coefficient (Wildman–Crippen LogP) is 4.40. The summed E-state index contributed by atoms with van der Waals surface area (Å²) in [6.07, 6.45) is 6.53. The Labute approximate surface area is 187 Å². The van der Waals surface area contributed by atoms with Crippen molar-refractivity contribution in [1.82, 2.24) is 20.0 Å². The van der Waals surface area contributed by atoms with E-state index in [0.29, 0.717) is 6.54 Å². The minimum atomic E-state index is -0.564. The van der Waals surface area contributed by atoms with Crippen molar-refractivity contribution in [3.8, 4) is 0 Å². The van der Waals surface area contributed by atoms with Crippen molar-refractivity contribution in [3.05, 3.63) is 101 Å². The molecule has 0 atom stereocenters. The summed E-state index contributed by atoms with van der Waals surface area (Å²) in [6, 6.07) is 18.4. The minimum Gasteiger partial charge on any atom is -0.322 e. The van der Waals surface area contributed by atoms with Gasteiger partial charge in [0.25, 0.3) is 5.91 Å². The number of imidazole rings is 1. The number of hydrogen-bond acceptors (Lipinski definition) is 4. The lowest BCUT2D eigenvalue weighted by Crippen LogP contribution is -2.14. The Balaban J connectivity index is 1.79. The lowest BCUT2D eigenvalue weighted by molar-refractivity contribution is -0.124. The zero-order valence-electron chi connectivity index (χ0n) is 18.2. The number of aryl methyl sites for hydroxylation is 4. The quantitative estimate of drug-likeness (QED) is 0.261. The molecule has 0 bridgehead atoms. The molecule has 6 heteroatoms. The van der Waals surface area contributed by atoms with Gasteiger partial charge in [-0.1, -0.05) is 36.4 Å². The summed E-state index contributed by atoms with van der Waals surface area (Å²) in [5.41, 5.74) is 8.85. The van der Waals surface area contributed by atoms with E-state index >= 15 is 0 Å². The zero-order chi connectivity index (χ0) is 22.5. The lowest BCUT2D eigenvalue weighted by Gasteiger charge is -2.12. The van der Waals surface area contributed by atoms with Gasteiger partial charge in [0.2, 0.25) is 0 Å². The summed E-state index contributed by atoms with van der Waals surface area (Å²) in [7, 11) is 0. The number of amides is 1. The summed E-state index contributed by atoms with van der Waals surface area (Å²) in [6.45, 7) is 4.71. The third-order valence-electron chi connectivity index (χ3n) is 5.63.